The van der Waals surface area contributed by atoms with Gasteiger partial charge in [0.2, 0.25) is 0 Å². The molecule has 0 aliphatic rings. The van der Waals surface area contributed by atoms with E-state index in [4.69, 9.17) is 0 Å². The maximum atomic E-state index is 4.28. The quantitative estimate of drug-likeness (QED) is 0.755. The molecule has 2 aromatic rings. The van der Waals surface area contributed by atoms with E-state index in [-0.39, 0.29) is 0 Å². The Labute approximate surface area is 87.0 Å². The molecule has 0 saturated heterocycles. The van der Waals surface area contributed by atoms with Gasteiger partial charge in [-0.05, 0) is 22.6 Å². The van der Waals surface area contributed by atoms with Gasteiger partial charge >= 0.3 is 0 Å². The fourth-order valence-corrected chi connectivity index (χ4v) is 1.98. The van der Waals surface area contributed by atoms with Crippen molar-refractivity contribution in [2.24, 2.45) is 0 Å². The zero-order valence-electron chi connectivity index (χ0n) is 5.94. The fraction of sp³-hybridized carbons (Fsp3) is 0. The largest absolute Gasteiger partial charge is 0.261 e. The summed E-state index contributed by atoms with van der Waals surface area (Å²) in [6.45, 7) is 0. The van der Waals surface area contributed by atoms with Crippen molar-refractivity contribution >= 4 is 33.9 Å². The molecule has 2 aromatic heterocycles. The highest BCUT2D eigenvalue weighted by atomic mass is 127. The van der Waals surface area contributed by atoms with Crippen molar-refractivity contribution in [2.75, 3.05) is 0 Å². The van der Waals surface area contributed by atoms with Gasteiger partial charge in [-0.25, -0.2) is 4.98 Å². The van der Waals surface area contributed by atoms with Gasteiger partial charge in [-0.3, -0.25) is 9.97 Å². The molecule has 0 radical (unpaired) electrons. The van der Waals surface area contributed by atoms with Crippen molar-refractivity contribution in [2.45, 2.75) is 0 Å². The molecule has 0 unspecified atom stereocenters. The monoisotopic (exact) mass is 289 g/mol. The highest BCUT2D eigenvalue weighted by Crippen LogP contribution is 2.19. The maximum Gasteiger partial charge on any atom is 0.154 e. The molecule has 0 spiro atoms. The SMILES string of the molecule is Ic1nc(-c2cnccn2)cs1. The molecule has 0 saturated carbocycles. The summed E-state index contributed by atoms with van der Waals surface area (Å²) in [6, 6.07) is 0. The van der Waals surface area contributed by atoms with Gasteiger partial charge in [0, 0.05) is 17.8 Å². The molecule has 2 heterocycles. The van der Waals surface area contributed by atoms with Crippen LogP contribution in [0.3, 0.4) is 0 Å². The van der Waals surface area contributed by atoms with Crippen molar-refractivity contribution in [3.63, 3.8) is 0 Å². The second-order valence-electron chi connectivity index (χ2n) is 2.08. The predicted molar refractivity (Wildman–Crippen MR) is 55.9 cm³/mol. The average Bonchev–Trinajstić information content (AvgIpc) is 2.54. The first-order chi connectivity index (χ1) is 5.86. The lowest BCUT2D eigenvalue weighted by molar-refractivity contribution is 1.18. The fourth-order valence-electron chi connectivity index (χ4n) is 0.801. The van der Waals surface area contributed by atoms with E-state index in [1.54, 1.807) is 29.9 Å². The third kappa shape index (κ3) is 1.61. The summed E-state index contributed by atoms with van der Waals surface area (Å²) < 4.78 is 1.02. The standard InChI is InChI=1S/C7H4IN3S/c8-7-11-6(4-12-7)5-3-9-1-2-10-5/h1-4H. The van der Waals surface area contributed by atoms with E-state index in [1.807, 2.05) is 5.38 Å². The lowest BCUT2D eigenvalue weighted by Gasteiger charge is -1.90. The second-order valence-corrected chi connectivity index (χ2v) is 4.69. The zero-order valence-corrected chi connectivity index (χ0v) is 8.91. The van der Waals surface area contributed by atoms with Crippen LogP contribution in [-0.4, -0.2) is 15.0 Å². The molecule has 60 valence electrons. The lowest BCUT2D eigenvalue weighted by Crippen LogP contribution is -1.83. The Morgan fingerprint density at radius 3 is 2.75 bits per heavy atom. The van der Waals surface area contributed by atoms with Crippen molar-refractivity contribution in [1.29, 1.82) is 0 Å². The van der Waals surface area contributed by atoms with Crippen LogP contribution in [-0.2, 0) is 0 Å². The van der Waals surface area contributed by atoms with Crippen molar-refractivity contribution in [3.05, 3.63) is 27.0 Å². The molecular weight excluding hydrogens is 285 g/mol. The molecule has 0 aliphatic heterocycles. The molecule has 12 heavy (non-hydrogen) atoms. The van der Waals surface area contributed by atoms with Crippen LogP contribution in [0, 0.1) is 3.01 Å². The number of rotatable bonds is 1. The predicted octanol–water partition coefficient (Wildman–Crippen LogP) is 2.20. The van der Waals surface area contributed by atoms with Crippen molar-refractivity contribution < 1.29 is 0 Å². The minimum Gasteiger partial charge on any atom is -0.261 e. The summed E-state index contributed by atoms with van der Waals surface area (Å²) in [6.07, 6.45) is 5.04. The molecule has 0 N–H and O–H groups in total. The Kier molecular flexibility index (Phi) is 2.31. The number of halogens is 1. The Morgan fingerprint density at radius 2 is 2.17 bits per heavy atom. The first-order valence-electron chi connectivity index (χ1n) is 3.23. The number of aromatic nitrogens is 3. The summed E-state index contributed by atoms with van der Waals surface area (Å²) in [7, 11) is 0. The average molecular weight is 289 g/mol. The number of nitrogens with zero attached hydrogens (tertiary/aromatic N) is 3. The van der Waals surface area contributed by atoms with E-state index in [0.717, 1.165) is 14.4 Å². The number of thiazole rings is 1. The molecule has 0 bridgehead atoms. The zero-order chi connectivity index (χ0) is 8.39. The van der Waals surface area contributed by atoms with Crippen LogP contribution in [0.25, 0.3) is 11.4 Å². The molecule has 5 heteroatoms. The molecule has 0 atom stereocenters. The summed E-state index contributed by atoms with van der Waals surface area (Å²) in [5, 5.41) is 1.98. The molecule has 0 aliphatic carbocycles. The van der Waals surface area contributed by atoms with Gasteiger partial charge in [0.05, 0.1) is 6.20 Å². The molecule has 0 fully saturated rings. The van der Waals surface area contributed by atoms with Gasteiger partial charge < -0.3 is 0 Å². The van der Waals surface area contributed by atoms with E-state index in [0.29, 0.717) is 0 Å². The van der Waals surface area contributed by atoms with Gasteiger partial charge in [0.15, 0.2) is 3.01 Å². The van der Waals surface area contributed by atoms with E-state index in [9.17, 15) is 0 Å². The third-order valence-electron chi connectivity index (χ3n) is 1.30. The third-order valence-corrected chi connectivity index (χ3v) is 2.93. The lowest BCUT2D eigenvalue weighted by atomic mass is 10.4. The van der Waals surface area contributed by atoms with Crippen LogP contribution in [0.1, 0.15) is 0 Å². The topological polar surface area (TPSA) is 38.7 Å². The van der Waals surface area contributed by atoms with E-state index in [2.05, 4.69) is 37.5 Å². The number of hydrogen-bond acceptors (Lipinski definition) is 4. The molecule has 0 aromatic carbocycles. The minimum atomic E-state index is 0.830. The van der Waals surface area contributed by atoms with Gasteiger partial charge in [0.1, 0.15) is 11.4 Å². The van der Waals surface area contributed by atoms with Gasteiger partial charge in [-0.1, -0.05) is 0 Å². The smallest absolute Gasteiger partial charge is 0.154 e. The van der Waals surface area contributed by atoms with Crippen LogP contribution >= 0.6 is 33.9 Å². The van der Waals surface area contributed by atoms with Crippen LogP contribution < -0.4 is 0 Å². The van der Waals surface area contributed by atoms with E-state index < -0.39 is 0 Å². The maximum absolute atomic E-state index is 4.28. The second kappa shape index (κ2) is 3.44. The normalized spacial score (nSPS) is 10.1. The minimum absolute atomic E-state index is 0.830. The highest BCUT2D eigenvalue weighted by Gasteiger charge is 2.02. The highest BCUT2D eigenvalue weighted by molar-refractivity contribution is 14.1. The summed E-state index contributed by atoms with van der Waals surface area (Å²) in [4.78, 5) is 12.4. The molecular formula is C7H4IN3S. The Balaban J connectivity index is 2.45. The van der Waals surface area contributed by atoms with Crippen molar-refractivity contribution in [3.8, 4) is 11.4 Å². The van der Waals surface area contributed by atoms with Crippen molar-refractivity contribution in [1.82, 2.24) is 15.0 Å². The Bertz CT molecular complexity index is 373. The molecule has 2 rings (SSSR count). The first-order valence-corrected chi connectivity index (χ1v) is 5.19. The van der Waals surface area contributed by atoms with Crippen LogP contribution in [0.2, 0.25) is 0 Å². The van der Waals surface area contributed by atoms with Gasteiger partial charge in [0.25, 0.3) is 0 Å². The summed E-state index contributed by atoms with van der Waals surface area (Å²) in [5.74, 6) is 0. The number of hydrogen-bond donors (Lipinski definition) is 0. The summed E-state index contributed by atoms with van der Waals surface area (Å²) >= 11 is 3.79. The Hall–Kier alpha value is -0.560. The van der Waals surface area contributed by atoms with Gasteiger partial charge in [-0.15, -0.1) is 11.3 Å². The molecule has 0 amide bonds. The summed E-state index contributed by atoms with van der Waals surface area (Å²) in [5.41, 5.74) is 1.73. The Morgan fingerprint density at radius 1 is 1.25 bits per heavy atom. The van der Waals surface area contributed by atoms with Crippen LogP contribution in [0.15, 0.2) is 24.0 Å². The van der Waals surface area contributed by atoms with E-state index in [1.165, 1.54) is 0 Å². The van der Waals surface area contributed by atoms with Crippen LogP contribution in [0.5, 0.6) is 0 Å². The van der Waals surface area contributed by atoms with Gasteiger partial charge in [-0.2, -0.15) is 0 Å². The van der Waals surface area contributed by atoms with Crippen LogP contribution in [0.4, 0.5) is 0 Å². The first kappa shape index (κ1) is 8.06. The molecule has 3 nitrogen and oxygen atoms in total. The van der Waals surface area contributed by atoms with E-state index >= 15 is 0 Å².